The Morgan fingerprint density at radius 1 is 1.13 bits per heavy atom. The molecular formula is C21H22ClF3N2O3S. The molecule has 0 aromatic heterocycles. The van der Waals surface area contributed by atoms with Gasteiger partial charge in [-0.1, -0.05) is 30.7 Å². The summed E-state index contributed by atoms with van der Waals surface area (Å²) < 4.78 is 65.3. The van der Waals surface area contributed by atoms with Crippen molar-refractivity contribution in [3.63, 3.8) is 0 Å². The van der Waals surface area contributed by atoms with Crippen molar-refractivity contribution in [1.29, 1.82) is 0 Å². The van der Waals surface area contributed by atoms with Gasteiger partial charge < -0.3 is 5.32 Å². The zero-order chi connectivity index (χ0) is 22.8. The second-order valence-corrected chi connectivity index (χ2v) is 9.67. The van der Waals surface area contributed by atoms with Gasteiger partial charge in [-0.15, -0.1) is 0 Å². The molecule has 0 radical (unpaired) electrons. The number of rotatable bonds is 5. The van der Waals surface area contributed by atoms with Crippen LogP contribution in [0.1, 0.15) is 30.9 Å². The standard InChI is InChI=1S/C21H22ClF3N2O3S/c1-2-14-3-6-17(7-4-14)26-20(28)15-9-11-27(12-10-15)31(29,30)19-8-5-16(13-18(19)22)21(23,24)25/h3-8,13,15H,2,9-12H2,1H3,(H,26,28). The van der Waals surface area contributed by atoms with Gasteiger partial charge in [-0.2, -0.15) is 17.5 Å². The van der Waals surface area contributed by atoms with E-state index in [1.54, 1.807) is 0 Å². The van der Waals surface area contributed by atoms with Crippen LogP contribution in [0, 0.1) is 5.92 Å². The predicted molar refractivity (Wildman–Crippen MR) is 112 cm³/mol. The molecule has 2 aromatic rings. The molecule has 3 rings (SSSR count). The zero-order valence-electron chi connectivity index (χ0n) is 16.7. The number of nitrogens with one attached hydrogen (secondary N) is 1. The van der Waals surface area contributed by atoms with E-state index < -0.39 is 26.8 Å². The molecule has 1 aliphatic rings. The van der Waals surface area contributed by atoms with Gasteiger partial charge in [0.1, 0.15) is 4.90 Å². The molecular weight excluding hydrogens is 453 g/mol. The molecule has 2 aromatic carbocycles. The number of hydrogen-bond acceptors (Lipinski definition) is 3. The Bertz CT molecular complexity index is 1050. The van der Waals surface area contributed by atoms with Crippen LogP contribution in [0.15, 0.2) is 47.4 Å². The molecule has 1 saturated heterocycles. The van der Waals surface area contributed by atoms with Crippen molar-refractivity contribution in [2.24, 2.45) is 5.92 Å². The van der Waals surface area contributed by atoms with E-state index in [1.165, 1.54) is 0 Å². The molecule has 0 atom stereocenters. The van der Waals surface area contributed by atoms with Crippen molar-refractivity contribution in [2.45, 2.75) is 37.3 Å². The maximum absolute atomic E-state index is 12.9. The van der Waals surface area contributed by atoms with E-state index in [1.807, 2.05) is 31.2 Å². The summed E-state index contributed by atoms with van der Waals surface area (Å²) in [6.45, 7) is 2.19. The number of halogens is 4. The number of amides is 1. The van der Waals surface area contributed by atoms with Crippen LogP contribution in [-0.4, -0.2) is 31.7 Å². The molecule has 0 aliphatic carbocycles. The van der Waals surface area contributed by atoms with Crippen molar-refractivity contribution < 1.29 is 26.4 Å². The molecule has 0 saturated carbocycles. The third-order valence-corrected chi connectivity index (χ3v) is 7.71. The topological polar surface area (TPSA) is 66.5 Å². The Morgan fingerprint density at radius 3 is 2.26 bits per heavy atom. The van der Waals surface area contributed by atoms with Gasteiger partial charge in [0.15, 0.2) is 0 Å². The first-order valence-electron chi connectivity index (χ1n) is 9.79. The molecule has 1 amide bonds. The molecule has 1 fully saturated rings. The fraction of sp³-hybridized carbons (Fsp3) is 0.381. The Labute approximate surface area is 184 Å². The average Bonchev–Trinajstić information content (AvgIpc) is 2.73. The number of anilines is 1. The SMILES string of the molecule is CCc1ccc(NC(=O)C2CCN(S(=O)(=O)c3ccc(C(F)(F)F)cc3Cl)CC2)cc1. The lowest BCUT2D eigenvalue weighted by Gasteiger charge is -2.30. The number of piperidine rings is 1. The van der Waals surface area contributed by atoms with Gasteiger partial charge in [0.05, 0.1) is 10.6 Å². The Kier molecular flexibility index (Phi) is 6.98. The highest BCUT2D eigenvalue weighted by Crippen LogP contribution is 2.35. The van der Waals surface area contributed by atoms with Crippen LogP contribution in [0.3, 0.4) is 0 Å². The molecule has 168 valence electrons. The van der Waals surface area contributed by atoms with Crippen LogP contribution in [0.2, 0.25) is 5.02 Å². The summed E-state index contributed by atoms with van der Waals surface area (Å²) in [5, 5.41) is 2.36. The maximum Gasteiger partial charge on any atom is 0.416 e. The minimum absolute atomic E-state index is 0.0759. The van der Waals surface area contributed by atoms with Crippen LogP contribution < -0.4 is 5.32 Å². The van der Waals surface area contributed by atoms with Crippen LogP contribution in [-0.2, 0) is 27.4 Å². The monoisotopic (exact) mass is 474 g/mol. The second-order valence-electron chi connectivity index (χ2n) is 7.36. The van der Waals surface area contributed by atoms with E-state index in [0.717, 1.165) is 22.4 Å². The minimum Gasteiger partial charge on any atom is -0.326 e. The molecule has 0 bridgehead atoms. The summed E-state index contributed by atoms with van der Waals surface area (Å²) in [5.41, 5.74) is 0.811. The molecule has 10 heteroatoms. The molecule has 1 aliphatic heterocycles. The Balaban J connectivity index is 1.64. The summed E-state index contributed by atoms with van der Waals surface area (Å²) in [5.74, 6) is -0.547. The normalized spacial score (nSPS) is 16.3. The van der Waals surface area contributed by atoms with Crippen molar-refractivity contribution in [1.82, 2.24) is 4.31 Å². The fourth-order valence-corrected chi connectivity index (χ4v) is 5.44. The number of nitrogens with zero attached hydrogens (tertiary/aromatic N) is 1. The third-order valence-electron chi connectivity index (χ3n) is 5.33. The maximum atomic E-state index is 12.9. The summed E-state index contributed by atoms with van der Waals surface area (Å²) in [4.78, 5) is 12.2. The third kappa shape index (κ3) is 5.39. The number of alkyl halides is 3. The first kappa shape index (κ1) is 23.6. The molecule has 1 heterocycles. The van der Waals surface area contributed by atoms with E-state index in [-0.39, 0.29) is 29.8 Å². The molecule has 0 unspecified atom stereocenters. The van der Waals surface area contributed by atoms with Gasteiger partial charge >= 0.3 is 6.18 Å². The van der Waals surface area contributed by atoms with Crippen LogP contribution >= 0.6 is 11.6 Å². The van der Waals surface area contributed by atoms with Gasteiger partial charge in [0.25, 0.3) is 0 Å². The lowest BCUT2D eigenvalue weighted by molar-refractivity contribution is -0.137. The number of benzene rings is 2. The number of aryl methyl sites for hydroxylation is 1. The molecule has 31 heavy (non-hydrogen) atoms. The van der Waals surface area contributed by atoms with Crippen molar-refractivity contribution in [2.75, 3.05) is 18.4 Å². The predicted octanol–water partition coefficient (Wildman–Crippen LogP) is 4.96. The highest BCUT2D eigenvalue weighted by atomic mass is 35.5. The first-order valence-corrected chi connectivity index (χ1v) is 11.6. The number of sulfonamides is 1. The van der Waals surface area contributed by atoms with E-state index in [0.29, 0.717) is 30.7 Å². The molecule has 5 nitrogen and oxygen atoms in total. The molecule has 0 spiro atoms. The fourth-order valence-electron chi connectivity index (χ4n) is 3.45. The van der Waals surface area contributed by atoms with Crippen LogP contribution in [0.5, 0.6) is 0 Å². The number of carbonyl (C=O) groups excluding carboxylic acids is 1. The lowest BCUT2D eigenvalue weighted by atomic mass is 9.97. The van der Waals surface area contributed by atoms with E-state index in [9.17, 15) is 26.4 Å². The van der Waals surface area contributed by atoms with E-state index in [2.05, 4.69) is 5.32 Å². The smallest absolute Gasteiger partial charge is 0.326 e. The highest BCUT2D eigenvalue weighted by molar-refractivity contribution is 7.89. The van der Waals surface area contributed by atoms with Gasteiger partial charge in [-0.25, -0.2) is 8.42 Å². The van der Waals surface area contributed by atoms with Gasteiger partial charge in [-0.3, -0.25) is 4.79 Å². The summed E-state index contributed by atoms with van der Waals surface area (Å²) >= 11 is 5.86. The van der Waals surface area contributed by atoms with E-state index >= 15 is 0 Å². The largest absolute Gasteiger partial charge is 0.416 e. The highest BCUT2D eigenvalue weighted by Gasteiger charge is 2.35. The van der Waals surface area contributed by atoms with Crippen molar-refractivity contribution in [3.05, 3.63) is 58.6 Å². The quantitative estimate of drug-likeness (QED) is 0.666. The van der Waals surface area contributed by atoms with Gasteiger partial charge in [-0.05, 0) is 55.2 Å². The minimum atomic E-state index is -4.62. The Morgan fingerprint density at radius 2 is 1.74 bits per heavy atom. The lowest BCUT2D eigenvalue weighted by Crippen LogP contribution is -2.41. The van der Waals surface area contributed by atoms with Gasteiger partial charge in [0.2, 0.25) is 15.9 Å². The van der Waals surface area contributed by atoms with Crippen LogP contribution in [0.4, 0.5) is 18.9 Å². The summed E-state index contributed by atoms with van der Waals surface area (Å²) in [7, 11) is -4.07. The second kappa shape index (κ2) is 9.18. The number of hydrogen-bond donors (Lipinski definition) is 1. The average molecular weight is 475 g/mol. The Hall–Kier alpha value is -2.10. The summed E-state index contributed by atoms with van der Waals surface area (Å²) in [6, 6.07) is 9.68. The van der Waals surface area contributed by atoms with E-state index in [4.69, 9.17) is 11.6 Å². The van der Waals surface area contributed by atoms with Gasteiger partial charge in [0, 0.05) is 24.7 Å². The van der Waals surface area contributed by atoms with Crippen LogP contribution in [0.25, 0.3) is 0 Å². The summed E-state index contributed by atoms with van der Waals surface area (Å²) in [6.07, 6.45) is -3.12. The zero-order valence-corrected chi connectivity index (χ0v) is 18.3. The van der Waals surface area contributed by atoms with Crippen molar-refractivity contribution in [3.8, 4) is 0 Å². The molecule has 1 N–H and O–H groups in total. The number of carbonyl (C=O) groups is 1. The first-order chi connectivity index (χ1) is 14.5. The van der Waals surface area contributed by atoms with Crippen molar-refractivity contribution >= 4 is 33.2 Å².